The van der Waals surface area contributed by atoms with Gasteiger partial charge in [0.05, 0.1) is 12.0 Å². The molecular formula is C16H22O3. The Bertz CT molecular complexity index is 441. The predicted molar refractivity (Wildman–Crippen MR) is 74.0 cm³/mol. The van der Waals surface area contributed by atoms with Crippen LogP contribution < -0.4 is 0 Å². The van der Waals surface area contributed by atoms with Crippen LogP contribution in [0.25, 0.3) is 0 Å². The van der Waals surface area contributed by atoms with Gasteiger partial charge in [0.15, 0.2) is 0 Å². The Morgan fingerprint density at radius 2 is 2.00 bits per heavy atom. The van der Waals surface area contributed by atoms with Gasteiger partial charge in [0.25, 0.3) is 0 Å². The summed E-state index contributed by atoms with van der Waals surface area (Å²) in [4.78, 5) is 11.5. The normalized spacial score (nSPS) is 24.9. The summed E-state index contributed by atoms with van der Waals surface area (Å²) in [6.45, 7) is 2.01. The number of aryl methyl sites for hydroxylation is 1. The van der Waals surface area contributed by atoms with Crippen molar-refractivity contribution in [3.05, 3.63) is 35.4 Å². The number of benzene rings is 1. The molecule has 1 aromatic carbocycles. The Balaban J connectivity index is 2.16. The molecule has 2 N–H and O–H groups in total. The third-order valence-electron chi connectivity index (χ3n) is 4.32. The maximum absolute atomic E-state index is 11.5. The summed E-state index contributed by atoms with van der Waals surface area (Å²) in [5.41, 5.74) is 2.20. The van der Waals surface area contributed by atoms with Gasteiger partial charge in [-0.2, -0.15) is 0 Å². The number of carboxylic acids is 1. The van der Waals surface area contributed by atoms with Crippen LogP contribution in [0.1, 0.15) is 36.8 Å². The number of hydrogen-bond acceptors (Lipinski definition) is 2. The van der Waals surface area contributed by atoms with Crippen LogP contribution in [0.2, 0.25) is 0 Å². The molecule has 3 heteroatoms. The first-order valence-corrected chi connectivity index (χ1v) is 7.05. The number of carboxylic acid groups (broad SMARTS) is 1. The van der Waals surface area contributed by atoms with Crippen molar-refractivity contribution in [2.24, 2.45) is 11.8 Å². The Kier molecular flexibility index (Phi) is 4.59. The maximum atomic E-state index is 11.5. The Labute approximate surface area is 114 Å². The Hall–Kier alpha value is -1.35. The Morgan fingerprint density at radius 3 is 2.63 bits per heavy atom. The average molecular weight is 262 g/mol. The van der Waals surface area contributed by atoms with Gasteiger partial charge in [-0.15, -0.1) is 0 Å². The lowest BCUT2D eigenvalue weighted by Crippen LogP contribution is -2.36. The Morgan fingerprint density at radius 1 is 1.32 bits per heavy atom. The van der Waals surface area contributed by atoms with Crippen molar-refractivity contribution in [3.8, 4) is 0 Å². The van der Waals surface area contributed by atoms with Crippen LogP contribution >= 0.6 is 0 Å². The standard InChI is InChI=1S/C16H22O3/c1-11-6-2-3-7-12(11)10-14(16(18)19)13-8-4-5-9-15(13)17/h2-3,6-7,13-15,17H,4-5,8-10H2,1H3,(H,18,19). The molecule has 0 radical (unpaired) electrons. The summed E-state index contributed by atoms with van der Waals surface area (Å²) in [5, 5.41) is 19.6. The molecule has 0 amide bonds. The summed E-state index contributed by atoms with van der Waals surface area (Å²) in [6, 6.07) is 7.90. The van der Waals surface area contributed by atoms with Gasteiger partial charge in [0, 0.05) is 0 Å². The number of aliphatic hydroxyl groups excluding tert-OH is 1. The maximum Gasteiger partial charge on any atom is 0.307 e. The molecule has 104 valence electrons. The number of aliphatic carboxylic acids is 1. The second-order valence-corrected chi connectivity index (χ2v) is 5.59. The molecule has 1 aliphatic carbocycles. The minimum absolute atomic E-state index is 0.106. The molecule has 1 aromatic rings. The van der Waals surface area contributed by atoms with Gasteiger partial charge >= 0.3 is 5.97 Å². The van der Waals surface area contributed by atoms with E-state index in [4.69, 9.17) is 0 Å². The molecule has 3 atom stereocenters. The molecule has 1 saturated carbocycles. The number of rotatable bonds is 4. The smallest absolute Gasteiger partial charge is 0.307 e. The van der Waals surface area contributed by atoms with E-state index in [1.54, 1.807) is 0 Å². The third kappa shape index (κ3) is 3.35. The van der Waals surface area contributed by atoms with Crippen LogP contribution in [-0.4, -0.2) is 22.3 Å². The monoisotopic (exact) mass is 262 g/mol. The van der Waals surface area contributed by atoms with Gasteiger partial charge < -0.3 is 10.2 Å². The van der Waals surface area contributed by atoms with E-state index in [0.29, 0.717) is 6.42 Å². The van der Waals surface area contributed by atoms with E-state index in [2.05, 4.69) is 0 Å². The molecular weight excluding hydrogens is 240 g/mol. The highest BCUT2D eigenvalue weighted by Gasteiger charge is 2.35. The molecule has 3 nitrogen and oxygen atoms in total. The molecule has 2 rings (SSSR count). The largest absolute Gasteiger partial charge is 0.481 e. The van der Waals surface area contributed by atoms with Crippen molar-refractivity contribution in [1.29, 1.82) is 0 Å². The molecule has 19 heavy (non-hydrogen) atoms. The first kappa shape index (κ1) is 14.1. The number of aliphatic hydroxyl groups is 1. The second kappa shape index (κ2) is 6.20. The summed E-state index contributed by atoms with van der Waals surface area (Å²) in [7, 11) is 0. The van der Waals surface area contributed by atoms with Crippen molar-refractivity contribution in [2.45, 2.75) is 45.1 Å². The van der Waals surface area contributed by atoms with Gasteiger partial charge in [-0.1, -0.05) is 37.1 Å². The fourth-order valence-corrected chi connectivity index (χ4v) is 3.11. The van der Waals surface area contributed by atoms with Gasteiger partial charge in [0.2, 0.25) is 0 Å². The van der Waals surface area contributed by atoms with Gasteiger partial charge in [-0.05, 0) is 43.2 Å². The van der Waals surface area contributed by atoms with Crippen molar-refractivity contribution < 1.29 is 15.0 Å². The molecule has 0 heterocycles. The summed E-state index contributed by atoms with van der Waals surface area (Å²) in [6.07, 6.45) is 3.66. The second-order valence-electron chi connectivity index (χ2n) is 5.59. The highest BCUT2D eigenvalue weighted by molar-refractivity contribution is 5.71. The van der Waals surface area contributed by atoms with Crippen LogP contribution in [0.15, 0.2) is 24.3 Å². The minimum atomic E-state index is -0.783. The predicted octanol–water partition coefficient (Wildman–Crippen LogP) is 2.79. The summed E-state index contributed by atoms with van der Waals surface area (Å²) >= 11 is 0. The fourth-order valence-electron chi connectivity index (χ4n) is 3.11. The molecule has 0 bridgehead atoms. The number of hydrogen-bond donors (Lipinski definition) is 2. The van der Waals surface area contributed by atoms with Crippen LogP contribution in [0.3, 0.4) is 0 Å². The number of carbonyl (C=O) groups is 1. The van der Waals surface area contributed by atoms with Crippen molar-refractivity contribution in [2.75, 3.05) is 0 Å². The zero-order chi connectivity index (χ0) is 13.8. The van der Waals surface area contributed by atoms with E-state index in [-0.39, 0.29) is 5.92 Å². The van der Waals surface area contributed by atoms with Crippen molar-refractivity contribution >= 4 is 5.97 Å². The van der Waals surface area contributed by atoms with Gasteiger partial charge in [-0.25, -0.2) is 0 Å². The molecule has 0 aromatic heterocycles. The topological polar surface area (TPSA) is 57.5 Å². The van der Waals surface area contributed by atoms with E-state index in [1.165, 1.54) is 0 Å². The summed E-state index contributed by atoms with van der Waals surface area (Å²) in [5.74, 6) is -1.36. The van der Waals surface area contributed by atoms with Gasteiger partial charge in [-0.3, -0.25) is 4.79 Å². The first-order valence-electron chi connectivity index (χ1n) is 7.05. The highest BCUT2D eigenvalue weighted by atomic mass is 16.4. The van der Waals surface area contributed by atoms with E-state index in [9.17, 15) is 15.0 Å². The lowest BCUT2D eigenvalue weighted by molar-refractivity contribution is -0.146. The van der Waals surface area contributed by atoms with Crippen LogP contribution in [-0.2, 0) is 11.2 Å². The van der Waals surface area contributed by atoms with Crippen LogP contribution in [0, 0.1) is 18.8 Å². The molecule has 3 unspecified atom stereocenters. The summed E-state index contributed by atoms with van der Waals surface area (Å²) < 4.78 is 0. The third-order valence-corrected chi connectivity index (χ3v) is 4.32. The lowest BCUT2D eigenvalue weighted by Gasteiger charge is -2.32. The highest BCUT2D eigenvalue weighted by Crippen LogP contribution is 2.33. The van der Waals surface area contributed by atoms with E-state index in [0.717, 1.165) is 36.8 Å². The van der Waals surface area contributed by atoms with Crippen molar-refractivity contribution in [3.63, 3.8) is 0 Å². The van der Waals surface area contributed by atoms with E-state index in [1.807, 2.05) is 31.2 Å². The van der Waals surface area contributed by atoms with E-state index >= 15 is 0 Å². The van der Waals surface area contributed by atoms with Crippen LogP contribution in [0.5, 0.6) is 0 Å². The molecule has 1 fully saturated rings. The quantitative estimate of drug-likeness (QED) is 0.877. The average Bonchev–Trinajstić information content (AvgIpc) is 2.38. The van der Waals surface area contributed by atoms with E-state index < -0.39 is 18.0 Å². The SMILES string of the molecule is Cc1ccccc1CC(C(=O)O)C1CCCCC1O. The molecule has 0 aliphatic heterocycles. The first-order chi connectivity index (χ1) is 9.09. The zero-order valence-corrected chi connectivity index (χ0v) is 11.4. The minimum Gasteiger partial charge on any atom is -0.481 e. The molecule has 0 saturated heterocycles. The molecule has 0 spiro atoms. The fraction of sp³-hybridized carbons (Fsp3) is 0.562. The van der Waals surface area contributed by atoms with Crippen LogP contribution in [0.4, 0.5) is 0 Å². The zero-order valence-electron chi connectivity index (χ0n) is 11.4. The molecule has 1 aliphatic rings. The van der Waals surface area contributed by atoms with Gasteiger partial charge in [0.1, 0.15) is 0 Å². The lowest BCUT2D eigenvalue weighted by atomic mass is 9.75. The van der Waals surface area contributed by atoms with Crippen molar-refractivity contribution in [1.82, 2.24) is 0 Å².